The molecule has 2 aromatic heterocycles. The number of nitrogens with one attached hydrogen (secondary N) is 1. The number of aromatic nitrogens is 3. The van der Waals surface area contributed by atoms with Gasteiger partial charge in [-0.25, -0.2) is 15.0 Å². The van der Waals surface area contributed by atoms with Crippen LogP contribution in [0.1, 0.15) is 78.0 Å². The van der Waals surface area contributed by atoms with Crippen molar-refractivity contribution in [1.82, 2.24) is 15.0 Å². The maximum Gasteiger partial charge on any atom is 0.134 e. The third-order valence-electron chi connectivity index (χ3n) is 5.13. The smallest absolute Gasteiger partial charge is 0.134 e. The van der Waals surface area contributed by atoms with Gasteiger partial charge >= 0.3 is 0 Å². The van der Waals surface area contributed by atoms with Crippen molar-refractivity contribution in [3.05, 3.63) is 33.2 Å². The van der Waals surface area contributed by atoms with Crippen LogP contribution in [0.25, 0.3) is 0 Å². The SMILES string of the molecule is CCCc1nc(C)c(CNc2cc(C3CC(N)C3)nc(C3CC3)n2)s1.Cl.Cl. The molecule has 0 aromatic carbocycles. The first kappa shape index (κ1) is 22.3. The van der Waals surface area contributed by atoms with Crippen LogP contribution in [0, 0.1) is 6.92 Å². The topological polar surface area (TPSA) is 76.7 Å². The zero-order valence-electron chi connectivity index (χ0n) is 15.9. The van der Waals surface area contributed by atoms with Gasteiger partial charge in [-0.15, -0.1) is 36.2 Å². The molecular weight excluding hydrogens is 401 g/mol. The lowest BCUT2D eigenvalue weighted by Gasteiger charge is -2.32. The Kier molecular flexibility index (Phi) is 7.86. The molecule has 4 rings (SSSR count). The second kappa shape index (κ2) is 9.50. The number of nitrogens with two attached hydrogens (primary N) is 1. The molecular formula is C19H29Cl2N5S. The summed E-state index contributed by atoms with van der Waals surface area (Å²) in [6.45, 7) is 5.09. The molecule has 0 bridgehead atoms. The fourth-order valence-electron chi connectivity index (χ4n) is 3.36. The number of rotatable bonds is 7. The lowest BCUT2D eigenvalue weighted by atomic mass is 9.78. The summed E-state index contributed by atoms with van der Waals surface area (Å²) in [6, 6.07) is 2.48. The van der Waals surface area contributed by atoms with Crippen LogP contribution in [-0.2, 0) is 13.0 Å². The van der Waals surface area contributed by atoms with Gasteiger partial charge in [-0.1, -0.05) is 6.92 Å². The van der Waals surface area contributed by atoms with E-state index >= 15 is 0 Å². The van der Waals surface area contributed by atoms with Crippen molar-refractivity contribution in [1.29, 1.82) is 0 Å². The normalized spacial score (nSPS) is 21.0. The molecule has 2 heterocycles. The number of halogens is 2. The Hall–Kier alpha value is -0.950. The molecule has 5 nitrogen and oxygen atoms in total. The van der Waals surface area contributed by atoms with Gasteiger partial charge in [0, 0.05) is 34.5 Å². The van der Waals surface area contributed by atoms with Crippen molar-refractivity contribution in [2.45, 2.75) is 76.8 Å². The largest absolute Gasteiger partial charge is 0.365 e. The van der Waals surface area contributed by atoms with Crippen LogP contribution in [0.4, 0.5) is 5.82 Å². The Morgan fingerprint density at radius 1 is 1.15 bits per heavy atom. The molecule has 2 saturated carbocycles. The number of hydrogen-bond acceptors (Lipinski definition) is 6. The van der Waals surface area contributed by atoms with Crippen LogP contribution in [0.15, 0.2) is 6.07 Å². The molecule has 0 aliphatic heterocycles. The third-order valence-corrected chi connectivity index (χ3v) is 6.35. The molecule has 2 aliphatic rings. The van der Waals surface area contributed by atoms with Gasteiger partial charge in [0.05, 0.1) is 17.2 Å². The van der Waals surface area contributed by atoms with Crippen molar-refractivity contribution < 1.29 is 0 Å². The Balaban J connectivity index is 0.00000131. The summed E-state index contributed by atoms with van der Waals surface area (Å²) in [5, 5.41) is 4.76. The maximum atomic E-state index is 5.97. The molecule has 8 heteroatoms. The molecule has 2 aliphatic carbocycles. The zero-order chi connectivity index (χ0) is 17.4. The van der Waals surface area contributed by atoms with Crippen LogP contribution >= 0.6 is 36.2 Å². The Labute approximate surface area is 177 Å². The first-order valence-electron chi connectivity index (χ1n) is 9.46. The third kappa shape index (κ3) is 5.31. The first-order valence-corrected chi connectivity index (χ1v) is 10.3. The van der Waals surface area contributed by atoms with Crippen LogP contribution in [-0.4, -0.2) is 21.0 Å². The molecule has 0 atom stereocenters. The average Bonchev–Trinajstić information content (AvgIpc) is 3.35. The van der Waals surface area contributed by atoms with Crippen LogP contribution in [0.3, 0.4) is 0 Å². The van der Waals surface area contributed by atoms with Gasteiger partial charge in [0.15, 0.2) is 0 Å². The number of anilines is 1. The van der Waals surface area contributed by atoms with E-state index in [0.717, 1.165) is 49.6 Å². The van der Waals surface area contributed by atoms with Gasteiger partial charge < -0.3 is 11.1 Å². The van der Waals surface area contributed by atoms with Crippen LogP contribution in [0.2, 0.25) is 0 Å². The molecule has 0 spiro atoms. The summed E-state index contributed by atoms with van der Waals surface area (Å²) in [4.78, 5) is 15.6. The quantitative estimate of drug-likeness (QED) is 0.664. The summed E-state index contributed by atoms with van der Waals surface area (Å²) < 4.78 is 0. The predicted molar refractivity (Wildman–Crippen MR) is 117 cm³/mol. The summed E-state index contributed by atoms with van der Waals surface area (Å²) in [7, 11) is 0. The Morgan fingerprint density at radius 3 is 2.52 bits per heavy atom. The second-order valence-corrected chi connectivity index (χ2v) is 8.63. The molecule has 0 saturated heterocycles. The van der Waals surface area contributed by atoms with E-state index in [1.807, 2.05) is 11.3 Å². The molecule has 2 fully saturated rings. The number of thiazole rings is 1. The van der Waals surface area contributed by atoms with E-state index in [0.29, 0.717) is 17.9 Å². The standard InChI is InChI=1S/C19H27N5S.2ClH/c1-3-4-18-22-11(2)16(25-18)10-21-17-9-15(13-7-14(20)8-13)23-19(24-17)12-5-6-12;;/h9,12-14H,3-8,10,20H2,1-2H3,(H,21,23,24);2*1H. The van der Waals surface area contributed by atoms with Gasteiger partial charge in [0.25, 0.3) is 0 Å². The van der Waals surface area contributed by atoms with Crippen molar-refractivity contribution in [3.8, 4) is 0 Å². The summed E-state index contributed by atoms with van der Waals surface area (Å²) in [5.41, 5.74) is 8.28. The van der Waals surface area contributed by atoms with Crippen molar-refractivity contribution >= 4 is 42.0 Å². The molecule has 27 heavy (non-hydrogen) atoms. The molecule has 0 amide bonds. The fraction of sp³-hybridized carbons (Fsp3) is 0.632. The number of nitrogens with zero attached hydrogens (tertiary/aromatic N) is 3. The first-order chi connectivity index (χ1) is 12.1. The number of hydrogen-bond donors (Lipinski definition) is 2. The van der Waals surface area contributed by atoms with Crippen molar-refractivity contribution in [3.63, 3.8) is 0 Å². The minimum absolute atomic E-state index is 0. The van der Waals surface area contributed by atoms with E-state index in [9.17, 15) is 0 Å². The Morgan fingerprint density at radius 2 is 1.89 bits per heavy atom. The van der Waals surface area contributed by atoms with Crippen LogP contribution < -0.4 is 11.1 Å². The predicted octanol–water partition coefficient (Wildman–Crippen LogP) is 4.73. The van der Waals surface area contributed by atoms with Gasteiger partial charge in [-0.05, 0) is 45.4 Å². The summed E-state index contributed by atoms with van der Waals surface area (Å²) >= 11 is 1.82. The number of aryl methyl sites for hydroxylation is 2. The highest BCUT2D eigenvalue weighted by Gasteiger charge is 2.32. The zero-order valence-corrected chi connectivity index (χ0v) is 18.4. The van der Waals surface area contributed by atoms with Gasteiger partial charge in [0.2, 0.25) is 0 Å². The Bertz CT molecular complexity index is 757. The minimum Gasteiger partial charge on any atom is -0.365 e. The molecule has 3 N–H and O–H groups in total. The molecule has 2 aromatic rings. The lowest BCUT2D eigenvalue weighted by Crippen LogP contribution is -2.35. The highest BCUT2D eigenvalue weighted by Crippen LogP contribution is 2.41. The lowest BCUT2D eigenvalue weighted by molar-refractivity contribution is 0.344. The van der Waals surface area contributed by atoms with E-state index in [2.05, 4.69) is 30.2 Å². The van der Waals surface area contributed by atoms with Gasteiger partial charge in [-0.3, -0.25) is 0 Å². The summed E-state index contributed by atoms with van der Waals surface area (Å²) in [6.07, 6.45) is 6.76. The monoisotopic (exact) mass is 429 g/mol. The van der Waals surface area contributed by atoms with Crippen molar-refractivity contribution in [2.24, 2.45) is 5.73 Å². The molecule has 150 valence electrons. The highest BCUT2D eigenvalue weighted by atomic mass is 35.5. The average molecular weight is 430 g/mol. The van der Waals surface area contributed by atoms with E-state index in [4.69, 9.17) is 15.7 Å². The molecule has 0 radical (unpaired) electrons. The van der Waals surface area contributed by atoms with E-state index < -0.39 is 0 Å². The van der Waals surface area contributed by atoms with E-state index in [-0.39, 0.29) is 24.8 Å². The van der Waals surface area contributed by atoms with E-state index in [1.54, 1.807) is 0 Å². The minimum atomic E-state index is 0. The van der Waals surface area contributed by atoms with Crippen molar-refractivity contribution in [2.75, 3.05) is 5.32 Å². The second-order valence-electron chi connectivity index (χ2n) is 7.46. The molecule has 0 unspecified atom stereocenters. The van der Waals surface area contributed by atoms with Crippen LogP contribution in [0.5, 0.6) is 0 Å². The summed E-state index contributed by atoms with van der Waals surface area (Å²) in [5.74, 6) is 3.05. The van der Waals surface area contributed by atoms with E-state index in [1.165, 1.54) is 28.4 Å². The highest BCUT2D eigenvalue weighted by molar-refractivity contribution is 7.11. The van der Waals surface area contributed by atoms with Gasteiger partial charge in [0.1, 0.15) is 11.6 Å². The maximum absolute atomic E-state index is 5.97. The van der Waals surface area contributed by atoms with Gasteiger partial charge in [-0.2, -0.15) is 0 Å². The fourth-order valence-corrected chi connectivity index (χ4v) is 4.47.